The van der Waals surface area contributed by atoms with E-state index in [4.69, 9.17) is 5.73 Å². The fourth-order valence-electron chi connectivity index (χ4n) is 2.96. The van der Waals surface area contributed by atoms with Crippen molar-refractivity contribution in [3.63, 3.8) is 0 Å². The van der Waals surface area contributed by atoms with Crippen molar-refractivity contribution >= 4 is 44.8 Å². The third-order valence-corrected chi connectivity index (χ3v) is 6.37. The standard InChI is InChI=1S/C16H20N2OS2/c1-20-14-5-3-2-4-12(14)18-16(19)15-9-10-8-11(17)6-7-13(10)21-15/h6-9,12,14H,2-5,17H2,1H3,(H,18,19). The second-order valence-electron chi connectivity index (χ2n) is 5.55. The number of carbonyl (C=O) groups excluding carboxylic acids is 1. The van der Waals surface area contributed by atoms with Crippen molar-refractivity contribution in [2.75, 3.05) is 12.0 Å². The van der Waals surface area contributed by atoms with Crippen molar-refractivity contribution in [3.8, 4) is 0 Å². The Balaban J connectivity index is 1.77. The molecule has 1 saturated carbocycles. The van der Waals surface area contributed by atoms with Gasteiger partial charge in [-0.15, -0.1) is 11.3 Å². The minimum absolute atomic E-state index is 0.0562. The summed E-state index contributed by atoms with van der Waals surface area (Å²) in [6.45, 7) is 0. The maximum atomic E-state index is 12.5. The molecule has 0 aliphatic heterocycles. The van der Waals surface area contributed by atoms with Gasteiger partial charge in [0.2, 0.25) is 0 Å². The monoisotopic (exact) mass is 320 g/mol. The van der Waals surface area contributed by atoms with Gasteiger partial charge in [0.05, 0.1) is 4.88 Å². The Bertz CT molecular complexity index is 653. The molecule has 21 heavy (non-hydrogen) atoms. The SMILES string of the molecule is CSC1CCCCC1NC(=O)c1cc2cc(N)ccc2s1. The molecule has 1 aliphatic carbocycles. The van der Waals surface area contributed by atoms with Gasteiger partial charge < -0.3 is 11.1 Å². The van der Waals surface area contributed by atoms with Crippen molar-refractivity contribution in [1.29, 1.82) is 0 Å². The van der Waals surface area contributed by atoms with Crippen LogP contribution in [-0.2, 0) is 0 Å². The first-order chi connectivity index (χ1) is 10.2. The summed E-state index contributed by atoms with van der Waals surface area (Å²) in [6, 6.07) is 8.04. The van der Waals surface area contributed by atoms with Crippen LogP contribution in [0.3, 0.4) is 0 Å². The molecule has 2 aromatic rings. The highest BCUT2D eigenvalue weighted by molar-refractivity contribution is 7.99. The van der Waals surface area contributed by atoms with Gasteiger partial charge in [0.1, 0.15) is 0 Å². The molecule has 1 aromatic heterocycles. The summed E-state index contributed by atoms with van der Waals surface area (Å²) in [5, 5.41) is 4.83. The van der Waals surface area contributed by atoms with Crippen molar-refractivity contribution in [1.82, 2.24) is 5.32 Å². The predicted molar refractivity (Wildman–Crippen MR) is 93.3 cm³/mol. The van der Waals surface area contributed by atoms with Gasteiger partial charge in [-0.3, -0.25) is 4.79 Å². The third kappa shape index (κ3) is 3.19. The number of carbonyl (C=O) groups is 1. The molecule has 1 heterocycles. The number of hydrogen-bond acceptors (Lipinski definition) is 4. The summed E-state index contributed by atoms with van der Waals surface area (Å²) in [6.07, 6.45) is 6.92. The highest BCUT2D eigenvalue weighted by Gasteiger charge is 2.26. The van der Waals surface area contributed by atoms with E-state index in [1.54, 1.807) is 0 Å². The second kappa shape index (κ2) is 6.28. The lowest BCUT2D eigenvalue weighted by Crippen LogP contribution is -2.43. The Morgan fingerprint density at radius 2 is 2.14 bits per heavy atom. The number of nitrogens with one attached hydrogen (secondary N) is 1. The first-order valence-electron chi connectivity index (χ1n) is 7.30. The Hall–Kier alpha value is -1.20. The van der Waals surface area contributed by atoms with Gasteiger partial charge in [-0.05, 0) is 48.7 Å². The van der Waals surface area contributed by atoms with E-state index in [1.807, 2.05) is 36.0 Å². The average Bonchev–Trinajstić information content (AvgIpc) is 2.91. The Labute approximate surface area is 133 Å². The molecule has 1 aliphatic rings. The number of rotatable bonds is 3. The van der Waals surface area contributed by atoms with Crippen molar-refractivity contribution in [3.05, 3.63) is 29.1 Å². The van der Waals surface area contributed by atoms with Crippen LogP contribution in [0.2, 0.25) is 0 Å². The molecule has 0 spiro atoms. The smallest absolute Gasteiger partial charge is 0.261 e. The molecular weight excluding hydrogens is 300 g/mol. The van der Waals surface area contributed by atoms with Gasteiger partial charge in [-0.25, -0.2) is 0 Å². The van der Waals surface area contributed by atoms with E-state index >= 15 is 0 Å². The zero-order chi connectivity index (χ0) is 14.8. The summed E-state index contributed by atoms with van der Waals surface area (Å²) in [5.74, 6) is 0.0562. The molecule has 1 fully saturated rings. The van der Waals surface area contributed by atoms with Gasteiger partial charge in [-0.1, -0.05) is 12.8 Å². The molecule has 0 radical (unpaired) electrons. The minimum atomic E-state index is 0.0562. The summed E-state index contributed by atoms with van der Waals surface area (Å²) in [5.41, 5.74) is 6.53. The zero-order valence-corrected chi connectivity index (χ0v) is 13.7. The molecule has 1 amide bonds. The van der Waals surface area contributed by atoms with Crippen LogP contribution in [-0.4, -0.2) is 23.5 Å². The summed E-state index contributed by atoms with van der Waals surface area (Å²) < 4.78 is 1.11. The lowest BCUT2D eigenvalue weighted by Gasteiger charge is -2.30. The number of fused-ring (bicyclic) bond motifs is 1. The Morgan fingerprint density at radius 3 is 2.95 bits per heavy atom. The number of nitrogens with two attached hydrogens (primary N) is 1. The van der Waals surface area contributed by atoms with Gasteiger partial charge in [0, 0.05) is 21.7 Å². The van der Waals surface area contributed by atoms with Crippen molar-refractivity contribution in [2.24, 2.45) is 0 Å². The summed E-state index contributed by atoms with van der Waals surface area (Å²) in [4.78, 5) is 13.3. The van der Waals surface area contributed by atoms with Crippen LogP contribution in [0, 0.1) is 0 Å². The number of nitrogen functional groups attached to an aromatic ring is 1. The van der Waals surface area contributed by atoms with Gasteiger partial charge >= 0.3 is 0 Å². The second-order valence-corrected chi connectivity index (χ2v) is 7.71. The lowest BCUT2D eigenvalue weighted by molar-refractivity contribution is 0.0933. The van der Waals surface area contributed by atoms with Gasteiger partial charge in [-0.2, -0.15) is 11.8 Å². The molecule has 5 heteroatoms. The van der Waals surface area contributed by atoms with E-state index < -0.39 is 0 Å². The Morgan fingerprint density at radius 1 is 1.33 bits per heavy atom. The van der Waals surface area contributed by atoms with E-state index in [0.717, 1.165) is 27.1 Å². The lowest BCUT2D eigenvalue weighted by atomic mass is 9.95. The topological polar surface area (TPSA) is 55.1 Å². The maximum absolute atomic E-state index is 12.5. The highest BCUT2D eigenvalue weighted by Crippen LogP contribution is 2.30. The fourth-order valence-corrected chi connectivity index (χ4v) is 4.84. The van der Waals surface area contributed by atoms with Gasteiger partial charge in [0.15, 0.2) is 0 Å². The third-order valence-electron chi connectivity index (χ3n) is 4.09. The minimum Gasteiger partial charge on any atom is -0.399 e. The number of thioether (sulfide) groups is 1. The summed E-state index contributed by atoms with van der Waals surface area (Å²) in [7, 11) is 0. The largest absolute Gasteiger partial charge is 0.399 e. The molecule has 0 bridgehead atoms. The van der Waals surface area contributed by atoms with E-state index in [1.165, 1.54) is 30.6 Å². The molecule has 112 valence electrons. The van der Waals surface area contributed by atoms with Crippen LogP contribution < -0.4 is 11.1 Å². The number of thiophene rings is 1. The number of benzene rings is 1. The molecule has 2 unspecified atom stereocenters. The van der Waals surface area contributed by atoms with E-state index in [0.29, 0.717) is 11.3 Å². The quantitative estimate of drug-likeness (QED) is 0.844. The molecule has 1 aromatic carbocycles. The predicted octanol–water partition coefficient (Wildman–Crippen LogP) is 3.89. The van der Waals surface area contributed by atoms with Crippen molar-refractivity contribution in [2.45, 2.75) is 37.0 Å². The van der Waals surface area contributed by atoms with Crippen LogP contribution >= 0.6 is 23.1 Å². The molecule has 0 saturated heterocycles. The number of amides is 1. The van der Waals surface area contributed by atoms with Crippen LogP contribution in [0.25, 0.3) is 10.1 Å². The normalized spacial score (nSPS) is 22.3. The molecular formula is C16H20N2OS2. The van der Waals surface area contributed by atoms with E-state index in [2.05, 4.69) is 11.6 Å². The molecule has 3 rings (SSSR count). The average molecular weight is 320 g/mol. The van der Waals surface area contributed by atoms with E-state index in [-0.39, 0.29) is 5.91 Å². The number of anilines is 1. The molecule has 3 nitrogen and oxygen atoms in total. The number of hydrogen-bond donors (Lipinski definition) is 2. The highest BCUT2D eigenvalue weighted by atomic mass is 32.2. The summed E-state index contributed by atoms with van der Waals surface area (Å²) >= 11 is 3.41. The van der Waals surface area contributed by atoms with Crippen LogP contribution in [0.15, 0.2) is 24.3 Å². The first kappa shape index (κ1) is 14.7. The maximum Gasteiger partial charge on any atom is 0.261 e. The Kier molecular flexibility index (Phi) is 4.40. The van der Waals surface area contributed by atoms with Gasteiger partial charge in [0.25, 0.3) is 5.91 Å². The zero-order valence-electron chi connectivity index (χ0n) is 12.1. The van der Waals surface area contributed by atoms with Crippen LogP contribution in [0.4, 0.5) is 5.69 Å². The van der Waals surface area contributed by atoms with Crippen LogP contribution in [0.5, 0.6) is 0 Å². The van der Waals surface area contributed by atoms with E-state index in [9.17, 15) is 4.79 Å². The molecule has 2 atom stereocenters. The fraction of sp³-hybridized carbons (Fsp3) is 0.438. The van der Waals surface area contributed by atoms with Crippen molar-refractivity contribution < 1.29 is 4.79 Å². The first-order valence-corrected chi connectivity index (χ1v) is 9.40. The molecule has 3 N–H and O–H groups in total. The van der Waals surface area contributed by atoms with Crippen LogP contribution in [0.1, 0.15) is 35.4 Å².